The lowest BCUT2D eigenvalue weighted by molar-refractivity contribution is 0.0381. The molecule has 0 aromatic carbocycles. The van der Waals surface area contributed by atoms with Gasteiger partial charge in [-0.3, -0.25) is 0 Å². The summed E-state index contributed by atoms with van der Waals surface area (Å²) in [5.41, 5.74) is 5.80. The molecule has 1 atom stereocenters. The molecule has 6 nitrogen and oxygen atoms in total. The van der Waals surface area contributed by atoms with E-state index in [2.05, 4.69) is 21.8 Å². The van der Waals surface area contributed by atoms with E-state index in [0.29, 0.717) is 18.2 Å². The average molecular weight is 252 g/mol. The molecule has 1 aliphatic heterocycles. The molecule has 18 heavy (non-hydrogen) atoms. The number of ether oxygens (including phenoxy) is 2. The van der Waals surface area contributed by atoms with Gasteiger partial charge in [-0.2, -0.15) is 0 Å². The van der Waals surface area contributed by atoms with Gasteiger partial charge in [-0.15, -0.1) is 0 Å². The molecule has 0 radical (unpaired) electrons. The van der Waals surface area contributed by atoms with E-state index in [1.54, 1.807) is 13.2 Å². The van der Waals surface area contributed by atoms with Gasteiger partial charge in [0.2, 0.25) is 0 Å². The number of hydrogen-bond acceptors (Lipinski definition) is 6. The normalized spacial score (nSPS) is 20.1. The average Bonchev–Trinajstić information content (AvgIpc) is 2.38. The first-order valence-electron chi connectivity index (χ1n) is 6.21. The van der Waals surface area contributed by atoms with Gasteiger partial charge in [-0.05, 0) is 6.42 Å². The summed E-state index contributed by atoms with van der Waals surface area (Å²) in [6.45, 7) is 4.90. The van der Waals surface area contributed by atoms with Crippen molar-refractivity contribution in [3.8, 4) is 0 Å². The van der Waals surface area contributed by atoms with Gasteiger partial charge in [0.25, 0.3) is 0 Å². The summed E-state index contributed by atoms with van der Waals surface area (Å²) >= 11 is 0. The molecule has 6 heteroatoms. The predicted octanol–water partition coefficient (Wildman–Crippen LogP) is 0.820. The van der Waals surface area contributed by atoms with Crippen LogP contribution in [0.4, 0.5) is 11.6 Å². The Hall–Kier alpha value is -1.40. The Morgan fingerprint density at radius 2 is 2.39 bits per heavy atom. The van der Waals surface area contributed by atoms with E-state index in [9.17, 15) is 0 Å². The van der Waals surface area contributed by atoms with Crippen LogP contribution in [-0.4, -0.2) is 42.9 Å². The number of rotatable bonds is 4. The van der Waals surface area contributed by atoms with Crippen molar-refractivity contribution in [2.24, 2.45) is 0 Å². The smallest absolute Gasteiger partial charge is 0.158 e. The second-order valence-electron chi connectivity index (χ2n) is 4.35. The molecule has 0 spiro atoms. The molecule has 0 bridgehead atoms. The van der Waals surface area contributed by atoms with Crippen molar-refractivity contribution in [1.29, 1.82) is 0 Å². The third kappa shape index (κ3) is 3.08. The van der Waals surface area contributed by atoms with Crippen molar-refractivity contribution in [3.63, 3.8) is 0 Å². The third-order valence-corrected chi connectivity index (χ3v) is 2.97. The molecule has 1 aromatic heterocycles. The van der Waals surface area contributed by atoms with Gasteiger partial charge in [0.15, 0.2) is 5.82 Å². The van der Waals surface area contributed by atoms with Crippen molar-refractivity contribution in [3.05, 3.63) is 11.9 Å². The van der Waals surface area contributed by atoms with Crippen LogP contribution in [0.5, 0.6) is 0 Å². The summed E-state index contributed by atoms with van der Waals surface area (Å²) < 4.78 is 10.7. The first-order chi connectivity index (χ1) is 8.72. The molecule has 2 heterocycles. The Bertz CT molecular complexity index is 400. The maximum absolute atomic E-state index is 5.80. The minimum atomic E-state index is 0.265. The monoisotopic (exact) mass is 252 g/mol. The van der Waals surface area contributed by atoms with Gasteiger partial charge < -0.3 is 20.1 Å². The Labute approximate surface area is 107 Å². The van der Waals surface area contributed by atoms with Gasteiger partial charge in [-0.25, -0.2) is 9.97 Å². The fourth-order valence-electron chi connectivity index (χ4n) is 2.03. The number of morpholine rings is 1. The van der Waals surface area contributed by atoms with E-state index in [0.717, 1.165) is 31.9 Å². The molecule has 1 aromatic rings. The van der Waals surface area contributed by atoms with Crippen LogP contribution >= 0.6 is 0 Å². The minimum absolute atomic E-state index is 0.265. The fourth-order valence-corrected chi connectivity index (χ4v) is 2.03. The molecule has 1 saturated heterocycles. The highest BCUT2D eigenvalue weighted by molar-refractivity contribution is 5.47. The van der Waals surface area contributed by atoms with Crippen molar-refractivity contribution in [1.82, 2.24) is 9.97 Å². The summed E-state index contributed by atoms with van der Waals surface area (Å²) in [7, 11) is 1.62. The van der Waals surface area contributed by atoms with E-state index < -0.39 is 0 Å². The number of nitrogens with zero attached hydrogens (tertiary/aromatic N) is 3. The van der Waals surface area contributed by atoms with Gasteiger partial charge in [0, 0.05) is 26.3 Å². The van der Waals surface area contributed by atoms with E-state index in [-0.39, 0.29) is 6.10 Å². The zero-order valence-corrected chi connectivity index (χ0v) is 10.9. The van der Waals surface area contributed by atoms with Crippen LogP contribution in [0.2, 0.25) is 0 Å². The third-order valence-electron chi connectivity index (χ3n) is 2.97. The van der Waals surface area contributed by atoms with E-state index >= 15 is 0 Å². The molecule has 0 amide bonds. The van der Waals surface area contributed by atoms with Crippen LogP contribution in [0.1, 0.15) is 19.2 Å². The summed E-state index contributed by atoms with van der Waals surface area (Å²) in [4.78, 5) is 10.8. The molecule has 0 saturated carbocycles. The van der Waals surface area contributed by atoms with Gasteiger partial charge >= 0.3 is 0 Å². The van der Waals surface area contributed by atoms with E-state index in [1.165, 1.54) is 0 Å². The van der Waals surface area contributed by atoms with Crippen molar-refractivity contribution < 1.29 is 9.47 Å². The highest BCUT2D eigenvalue weighted by atomic mass is 16.5. The summed E-state index contributed by atoms with van der Waals surface area (Å²) in [6.07, 6.45) is 1.27. The molecule has 1 aliphatic rings. The zero-order chi connectivity index (χ0) is 13.0. The fraction of sp³-hybridized carbons (Fsp3) is 0.667. The highest BCUT2D eigenvalue weighted by Crippen LogP contribution is 2.18. The Balaban J connectivity index is 2.16. The van der Waals surface area contributed by atoms with Crippen LogP contribution in [0.15, 0.2) is 6.07 Å². The quantitative estimate of drug-likeness (QED) is 0.855. The number of aromatic nitrogens is 2. The second kappa shape index (κ2) is 5.97. The molecular weight excluding hydrogens is 232 g/mol. The topological polar surface area (TPSA) is 73.5 Å². The molecule has 100 valence electrons. The molecule has 1 fully saturated rings. The lowest BCUT2D eigenvalue weighted by Crippen LogP contribution is -2.42. The molecule has 0 aliphatic carbocycles. The number of hydrogen-bond donors (Lipinski definition) is 1. The van der Waals surface area contributed by atoms with Crippen LogP contribution in [0.25, 0.3) is 0 Å². The largest absolute Gasteiger partial charge is 0.384 e. The van der Waals surface area contributed by atoms with Crippen LogP contribution in [0.3, 0.4) is 0 Å². The lowest BCUT2D eigenvalue weighted by Gasteiger charge is -2.33. The second-order valence-corrected chi connectivity index (χ2v) is 4.35. The first-order valence-corrected chi connectivity index (χ1v) is 6.21. The van der Waals surface area contributed by atoms with Crippen LogP contribution in [0, 0.1) is 0 Å². The summed E-state index contributed by atoms with van der Waals surface area (Å²) in [5.74, 6) is 1.95. The maximum Gasteiger partial charge on any atom is 0.158 e. The van der Waals surface area contributed by atoms with Gasteiger partial charge in [0.05, 0.1) is 12.7 Å². The number of anilines is 2. The first kappa shape index (κ1) is 13.0. The van der Waals surface area contributed by atoms with Gasteiger partial charge in [0.1, 0.15) is 18.2 Å². The van der Waals surface area contributed by atoms with E-state index in [1.807, 2.05) is 0 Å². The molecule has 1 unspecified atom stereocenters. The van der Waals surface area contributed by atoms with Gasteiger partial charge in [-0.1, -0.05) is 6.92 Å². The zero-order valence-electron chi connectivity index (χ0n) is 10.9. The van der Waals surface area contributed by atoms with Crippen LogP contribution in [-0.2, 0) is 16.1 Å². The Morgan fingerprint density at radius 1 is 1.56 bits per heavy atom. The Kier molecular flexibility index (Phi) is 4.33. The number of nitrogens with two attached hydrogens (primary N) is 1. The van der Waals surface area contributed by atoms with Crippen LogP contribution < -0.4 is 10.6 Å². The SMILES string of the molecule is CCC1CN(c2cc(N)nc(COC)n2)CCO1. The number of methoxy groups -OCH3 is 1. The molecule has 2 rings (SSSR count). The van der Waals surface area contributed by atoms with Crippen molar-refractivity contribution >= 4 is 11.6 Å². The predicted molar refractivity (Wildman–Crippen MR) is 69.4 cm³/mol. The van der Waals surface area contributed by atoms with Crippen molar-refractivity contribution in [2.45, 2.75) is 26.1 Å². The van der Waals surface area contributed by atoms with E-state index in [4.69, 9.17) is 15.2 Å². The highest BCUT2D eigenvalue weighted by Gasteiger charge is 2.20. The Morgan fingerprint density at radius 3 is 3.11 bits per heavy atom. The maximum atomic E-state index is 5.80. The summed E-state index contributed by atoms with van der Waals surface area (Å²) in [6, 6.07) is 1.80. The minimum Gasteiger partial charge on any atom is -0.384 e. The molecular formula is C12H20N4O2. The molecule has 2 N–H and O–H groups in total. The lowest BCUT2D eigenvalue weighted by atomic mass is 10.2. The standard InChI is InChI=1S/C12H20N4O2/c1-3-9-7-16(4-5-18-9)12-6-10(13)14-11(15-12)8-17-2/h6,9H,3-5,7-8H2,1-2H3,(H2,13,14,15). The number of nitrogen functional groups attached to an aromatic ring is 1. The van der Waals surface area contributed by atoms with Crippen molar-refractivity contribution in [2.75, 3.05) is 37.4 Å². The summed E-state index contributed by atoms with van der Waals surface area (Å²) in [5, 5.41) is 0.